The second kappa shape index (κ2) is 6.51. The van der Waals surface area contributed by atoms with E-state index in [4.69, 9.17) is 4.98 Å². The predicted molar refractivity (Wildman–Crippen MR) is 108 cm³/mol. The summed E-state index contributed by atoms with van der Waals surface area (Å²) in [7, 11) is 0. The summed E-state index contributed by atoms with van der Waals surface area (Å²) >= 11 is 0. The van der Waals surface area contributed by atoms with Gasteiger partial charge < -0.3 is 9.80 Å². The molecular formula is C21H26N6. The number of nitrogens with zero attached hydrogens (tertiary/aromatic N) is 6. The molecule has 1 aliphatic heterocycles. The highest BCUT2D eigenvalue weighted by Gasteiger charge is 2.29. The van der Waals surface area contributed by atoms with E-state index in [0.717, 1.165) is 38.3 Å². The van der Waals surface area contributed by atoms with Crippen molar-refractivity contribution < 1.29 is 0 Å². The number of anilines is 2. The van der Waals surface area contributed by atoms with Crippen LogP contribution in [0.1, 0.15) is 36.6 Å². The number of benzene rings is 1. The average molecular weight is 362 g/mol. The van der Waals surface area contributed by atoms with E-state index < -0.39 is 0 Å². The topological polar surface area (TPSA) is 49.6 Å². The Labute approximate surface area is 159 Å². The van der Waals surface area contributed by atoms with E-state index in [1.807, 2.05) is 4.52 Å². The van der Waals surface area contributed by atoms with Crippen molar-refractivity contribution in [2.45, 2.75) is 45.6 Å². The number of aromatic nitrogens is 4. The van der Waals surface area contributed by atoms with E-state index in [1.54, 1.807) is 6.33 Å². The van der Waals surface area contributed by atoms with E-state index in [-0.39, 0.29) is 0 Å². The third-order valence-corrected chi connectivity index (χ3v) is 5.93. The van der Waals surface area contributed by atoms with E-state index in [9.17, 15) is 0 Å². The zero-order chi connectivity index (χ0) is 18.4. The summed E-state index contributed by atoms with van der Waals surface area (Å²) in [5.41, 5.74) is 5.25. The van der Waals surface area contributed by atoms with Crippen LogP contribution in [0.25, 0.3) is 5.78 Å². The summed E-state index contributed by atoms with van der Waals surface area (Å²) < 4.78 is 1.96. The highest BCUT2D eigenvalue weighted by atomic mass is 15.4. The molecule has 140 valence electrons. The molecule has 1 atom stereocenters. The third kappa shape index (κ3) is 2.83. The van der Waals surface area contributed by atoms with Gasteiger partial charge in [0.05, 0.1) is 5.69 Å². The number of fused-ring (bicyclic) bond motifs is 2. The van der Waals surface area contributed by atoms with Crippen LogP contribution in [0.5, 0.6) is 0 Å². The van der Waals surface area contributed by atoms with Crippen LogP contribution in [0.4, 0.5) is 11.5 Å². The van der Waals surface area contributed by atoms with Crippen LogP contribution in [0, 0.1) is 6.92 Å². The summed E-state index contributed by atoms with van der Waals surface area (Å²) in [6.07, 6.45) is 6.25. The highest BCUT2D eigenvalue weighted by molar-refractivity contribution is 5.58. The fourth-order valence-electron chi connectivity index (χ4n) is 4.63. The lowest BCUT2D eigenvalue weighted by molar-refractivity contribution is 0.538. The summed E-state index contributed by atoms with van der Waals surface area (Å²) in [5, 5.41) is 4.50. The van der Waals surface area contributed by atoms with Gasteiger partial charge >= 0.3 is 0 Å². The van der Waals surface area contributed by atoms with Crippen molar-refractivity contribution in [1.82, 2.24) is 19.6 Å². The number of hydrogen-bond acceptors (Lipinski definition) is 5. The molecule has 0 saturated carbocycles. The molecule has 0 amide bonds. The van der Waals surface area contributed by atoms with Crippen molar-refractivity contribution in [1.29, 1.82) is 0 Å². The van der Waals surface area contributed by atoms with Crippen molar-refractivity contribution in [3.63, 3.8) is 0 Å². The first kappa shape index (κ1) is 16.5. The molecule has 0 radical (unpaired) electrons. The molecule has 1 saturated heterocycles. The lowest BCUT2D eigenvalue weighted by Crippen LogP contribution is -2.53. The molecule has 0 N–H and O–H groups in total. The molecule has 6 nitrogen and oxygen atoms in total. The quantitative estimate of drug-likeness (QED) is 0.701. The van der Waals surface area contributed by atoms with Crippen LogP contribution in [0.3, 0.4) is 0 Å². The van der Waals surface area contributed by atoms with Crippen molar-refractivity contribution in [2.75, 3.05) is 29.4 Å². The number of piperazine rings is 1. The van der Waals surface area contributed by atoms with Gasteiger partial charge in [0.2, 0.25) is 0 Å². The van der Waals surface area contributed by atoms with Gasteiger partial charge in [0.15, 0.2) is 0 Å². The molecule has 27 heavy (non-hydrogen) atoms. The Morgan fingerprint density at radius 2 is 2.00 bits per heavy atom. The minimum atomic E-state index is 0.437. The molecule has 0 bridgehead atoms. The lowest BCUT2D eigenvalue weighted by Gasteiger charge is -2.43. The Hall–Kier alpha value is -2.63. The fourth-order valence-corrected chi connectivity index (χ4v) is 4.63. The van der Waals surface area contributed by atoms with Crippen molar-refractivity contribution in [3.05, 3.63) is 47.4 Å². The molecule has 1 aliphatic carbocycles. The Kier molecular flexibility index (Phi) is 3.99. The second-order valence-electron chi connectivity index (χ2n) is 7.87. The Morgan fingerprint density at radius 1 is 1.11 bits per heavy atom. The molecule has 0 unspecified atom stereocenters. The van der Waals surface area contributed by atoms with E-state index in [0.29, 0.717) is 6.04 Å². The summed E-state index contributed by atoms with van der Waals surface area (Å²) in [4.78, 5) is 14.2. The van der Waals surface area contributed by atoms with E-state index in [2.05, 4.69) is 58.0 Å². The van der Waals surface area contributed by atoms with E-state index >= 15 is 0 Å². The lowest BCUT2D eigenvalue weighted by atomic mass is 9.95. The van der Waals surface area contributed by atoms with Gasteiger partial charge in [-0.15, -0.1) is 0 Å². The average Bonchev–Trinajstić information content (AvgIpc) is 3.14. The van der Waals surface area contributed by atoms with Crippen LogP contribution < -0.4 is 9.80 Å². The molecular weight excluding hydrogens is 336 g/mol. The van der Waals surface area contributed by atoms with Gasteiger partial charge in [-0.3, -0.25) is 0 Å². The van der Waals surface area contributed by atoms with Gasteiger partial charge in [-0.25, -0.2) is 4.98 Å². The SMILES string of the molecule is Cc1cccc(N2CCN(c3c4c(nc5ncnn35)CCCC4)C[C@@H]2C)c1. The fraction of sp³-hybridized carbons (Fsp3) is 0.476. The Morgan fingerprint density at radius 3 is 2.85 bits per heavy atom. The van der Waals surface area contributed by atoms with Crippen LogP contribution in [-0.4, -0.2) is 45.3 Å². The van der Waals surface area contributed by atoms with Gasteiger partial charge in [-0.1, -0.05) is 12.1 Å². The van der Waals surface area contributed by atoms with Gasteiger partial charge in [0.1, 0.15) is 12.1 Å². The molecule has 1 aromatic carbocycles. The smallest absolute Gasteiger partial charge is 0.254 e. The normalized spacial score (nSPS) is 20.1. The minimum Gasteiger partial charge on any atom is -0.365 e. The van der Waals surface area contributed by atoms with Gasteiger partial charge in [-0.05, 0) is 57.2 Å². The maximum Gasteiger partial charge on any atom is 0.254 e. The van der Waals surface area contributed by atoms with E-state index in [1.165, 1.54) is 41.2 Å². The highest BCUT2D eigenvalue weighted by Crippen LogP contribution is 2.32. The van der Waals surface area contributed by atoms with Crippen molar-refractivity contribution >= 4 is 17.3 Å². The van der Waals surface area contributed by atoms with Crippen molar-refractivity contribution in [3.8, 4) is 0 Å². The van der Waals surface area contributed by atoms with Crippen LogP contribution in [0.2, 0.25) is 0 Å². The molecule has 1 fully saturated rings. The first-order valence-electron chi connectivity index (χ1n) is 10.0. The molecule has 0 spiro atoms. The van der Waals surface area contributed by atoms with Gasteiger partial charge in [0, 0.05) is 36.9 Å². The van der Waals surface area contributed by atoms with Crippen LogP contribution in [-0.2, 0) is 12.8 Å². The number of hydrogen-bond donors (Lipinski definition) is 0. The first-order valence-corrected chi connectivity index (χ1v) is 10.0. The Balaban J connectivity index is 1.49. The zero-order valence-corrected chi connectivity index (χ0v) is 16.1. The summed E-state index contributed by atoms with van der Waals surface area (Å²) in [5.74, 6) is 1.96. The molecule has 6 heteroatoms. The summed E-state index contributed by atoms with van der Waals surface area (Å²) in [6, 6.07) is 9.27. The molecule has 5 rings (SSSR count). The number of aryl methyl sites for hydroxylation is 2. The maximum atomic E-state index is 4.77. The van der Waals surface area contributed by atoms with Gasteiger partial charge in [-0.2, -0.15) is 14.6 Å². The maximum absolute atomic E-state index is 4.77. The van der Waals surface area contributed by atoms with Crippen LogP contribution >= 0.6 is 0 Å². The predicted octanol–water partition coefficient (Wildman–Crippen LogP) is 3.03. The minimum absolute atomic E-state index is 0.437. The monoisotopic (exact) mass is 362 g/mol. The van der Waals surface area contributed by atoms with Gasteiger partial charge in [0.25, 0.3) is 5.78 Å². The van der Waals surface area contributed by atoms with Crippen LogP contribution in [0.15, 0.2) is 30.6 Å². The molecule has 3 heterocycles. The van der Waals surface area contributed by atoms with Crippen molar-refractivity contribution in [2.24, 2.45) is 0 Å². The standard InChI is InChI=1S/C21H26N6/c1-15-6-5-7-17(12-15)26-11-10-25(13-16(26)2)20-18-8-3-4-9-19(18)24-21-22-14-23-27(20)21/h5-7,12,14,16H,3-4,8-11,13H2,1-2H3/t16-/m0/s1. The largest absolute Gasteiger partial charge is 0.365 e. The third-order valence-electron chi connectivity index (χ3n) is 5.93. The Bertz CT molecular complexity index is 978. The molecule has 3 aromatic rings. The zero-order valence-electron chi connectivity index (χ0n) is 16.1. The molecule has 2 aromatic heterocycles. The second-order valence-corrected chi connectivity index (χ2v) is 7.87. The number of rotatable bonds is 2. The summed E-state index contributed by atoms with van der Waals surface area (Å²) in [6.45, 7) is 7.47. The molecule has 2 aliphatic rings. The first-order chi connectivity index (χ1) is 13.2.